The van der Waals surface area contributed by atoms with Crippen molar-refractivity contribution < 1.29 is 19.1 Å². The molecule has 2 amide bonds. The van der Waals surface area contributed by atoms with Crippen molar-refractivity contribution in [2.75, 3.05) is 23.8 Å². The number of nitrogens with zero attached hydrogens (tertiary/aromatic N) is 1. The molecule has 196 valence electrons. The van der Waals surface area contributed by atoms with Crippen LogP contribution in [0.1, 0.15) is 34.7 Å². The van der Waals surface area contributed by atoms with Crippen molar-refractivity contribution in [3.63, 3.8) is 0 Å². The average molecular weight is 532 g/mol. The van der Waals surface area contributed by atoms with Gasteiger partial charge in [0.1, 0.15) is 11.6 Å². The Balaban J connectivity index is 1.79. The number of carbonyl (C=O) groups is 2. The molecule has 0 bridgehead atoms. The lowest BCUT2D eigenvalue weighted by atomic mass is 10.1. The molecule has 0 aliphatic heterocycles. The zero-order valence-corrected chi connectivity index (χ0v) is 22.8. The van der Waals surface area contributed by atoms with Crippen molar-refractivity contribution in [3.05, 3.63) is 86.9 Å². The summed E-state index contributed by atoms with van der Waals surface area (Å²) in [4.78, 5) is 25.3. The van der Waals surface area contributed by atoms with Gasteiger partial charge in [-0.15, -0.1) is 0 Å². The number of benzene rings is 3. The van der Waals surface area contributed by atoms with E-state index in [2.05, 4.69) is 10.6 Å². The third kappa shape index (κ3) is 7.15. The van der Waals surface area contributed by atoms with Crippen LogP contribution in [-0.4, -0.2) is 25.0 Å². The van der Waals surface area contributed by atoms with E-state index in [1.165, 1.54) is 6.08 Å². The molecular weight excluding hydrogens is 502 g/mol. The lowest BCUT2D eigenvalue weighted by Gasteiger charge is -2.15. The Morgan fingerprint density at radius 2 is 1.74 bits per heavy atom. The molecule has 3 aromatic carbocycles. The van der Waals surface area contributed by atoms with Gasteiger partial charge >= 0.3 is 0 Å². The topological polar surface area (TPSA) is 100 Å². The quantitative estimate of drug-likeness (QED) is 0.241. The summed E-state index contributed by atoms with van der Waals surface area (Å²) in [7, 11) is 0. The molecule has 0 heterocycles. The Kier molecular flexibility index (Phi) is 9.53. The van der Waals surface area contributed by atoms with Gasteiger partial charge in [-0.2, -0.15) is 5.26 Å². The fourth-order valence-electron chi connectivity index (χ4n) is 3.74. The van der Waals surface area contributed by atoms with Crippen molar-refractivity contribution in [3.8, 4) is 17.6 Å². The van der Waals surface area contributed by atoms with Gasteiger partial charge in [-0.25, -0.2) is 0 Å². The Bertz CT molecular complexity index is 1440. The van der Waals surface area contributed by atoms with E-state index in [4.69, 9.17) is 21.1 Å². The fourth-order valence-corrected chi connectivity index (χ4v) is 4.02. The van der Waals surface area contributed by atoms with E-state index < -0.39 is 5.91 Å². The van der Waals surface area contributed by atoms with E-state index in [-0.39, 0.29) is 34.6 Å². The summed E-state index contributed by atoms with van der Waals surface area (Å²) in [5.41, 5.74) is 5.68. The first-order valence-electron chi connectivity index (χ1n) is 12.1. The molecule has 0 aliphatic carbocycles. The highest BCUT2D eigenvalue weighted by molar-refractivity contribution is 6.32. The number of amides is 2. The highest BCUT2D eigenvalue weighted by atomic mass is 35.5. The molecule has 0 saturated heterocycles. The van der Waals surface area contributed by atoms with Crippen LogP contribution in [0, 0.1) is 39.0 Å². The summed E-state index contributed by atoms with van der Waals surface area (Å²) in [6.45, 7) is 9.56. The van der Waals surface area contributed by atoms with Crippen LogP contribution in [-0.2, 0) is 9.59 Å². The smallest absolute Gasteiger partial charge is 0.266 e. The van der Waals surface area contributed by atoms with Gasteiger partial charge in [0.25, 0.3) is 11.8 Å². The molecule has 0 unspecified atom stereocenters. The third-order valence-electron chi connectivity index (χ3n) is 5.86. The number of aryl methyl sites for hydroxylation is 3. The van der Waals surface area contributed by atoms with Gasteiger partial charge in [-0.05, 0) is 87.2 Å². The molecule has 7 nitrogen and oxygen atoms in total. The second kappa shape index (κ2) is 12.8. The van der Waals surface area contributed by atoms with Crippen LogP contribution < -0.4 is 20.1 Å². The summed E-state index contributed by atoms with van der Waals surface area (Å²) in [6, 6.07) is 16.4. The highest BCUT2D eigenvalue weighted by Gasteiger charge is 2.17. The normalized spacial score (nSPS) is 10.9. The van der Waals surface area contributed by atoms with E-state index in [1.807, 2.05) is 64.1 Å². The minimum atomic E-state index is -0.543. The Morgan fingerprint density at radius 3 is 2.42 bits per heavy atom. The van der Waals surface area contributed by atoms with Crippen molar-refractivity contribution in [1.82, 2.24) is 0 Å². The number of anilines is 2. The number of hydrogen-bond acceptors (Lipinski definition) is 5. The molecule has 0 fully saturated rings. The monoisotopic (exact) mass is 531 g/mol. The van der Waals surface area contributed by atoms with Gasteiger partial charge < -0.3 is 20.1 Å². The lowest BCUT2D eigenvalue weighted by Crippen LogP contribution is -2.21. The largest absolute Gasteiger partial charge is 0.490 e. The summed E-state index contributed by atoms with van der Waals surface area (Å²) in [5, 5.41) is 15.4. The maximum Gasteiger partial charge on any atom is 0.266 e. The van der Waals surface area contributed by atoms with Gasteiger partial charge in [0, 0.05) is 11.4 Å². The number of hydrogen-bond donors (Lipinski definition) is 2. The van der Waals surface area contributed by atoms with E-state index in [9.17, 15) is 14.9 Å². The molecular formula is C30H30ClN3O4. The molecule has 0 saturated carbocycles. The number of nitriles is 1. The summed E-state index contributed by atoms with van der Waals surface area (Å²) < 4.78 is 11.4. The molecule has 38 heavy (non-hydrogen) atoms. The number of halogens is 1. The molecule has 3 aromatic rings. The number of carbonyl (C=O) groups excluding carboxylic acids is 2. The molecule has 0 radical (unpaired) electrons. The number of rotatable bonds is 9. The van der Waals surface area contributed by atoms with Crippen LogP contribution in [0.3, 0.4) is 0 Å². The minimum Gasteiger partial charge on any atom is -0.490 e. The van der Waals surface area contributed by atoms with E-state index in [1.54, 1.807) is 25.1 Å². The van der Waals surface area contributed by atoms with Gasteiger partial charge in [-0.3, -0.25) is 9.59 Å². The summed E-state index contributed by atoms with van der Waals surface area (Å²) in [6.07, 6.45) is 1.42. The molecule has 0 aliphatic rings. The van der Waals surface area contributed by atoms with Crippen LogP contribution in [0.4, 0.5) is 11.4 Å². The van der Waals surface area contributed by atoms with Gasteiger partial charge in [0.2, 0.25) is 0 Å². The SMILES string of the molecule is CCOc1cc(/C=C(/C#N)C(=O)Nc2cccc(C)c2C)cc(Cl)c1OCC(=O)Nc1ccc(C)cc1C. The van der Waals surface area contributed by atoms with Crippen LogP contribution in [0.2, 0.25) is 5.02 Å². The first kappa shape index (κ1) is 28.3. The zero-order chi connectivity index (χ0) is 27.8. The van der Waals surface area contributed by atoms with Crippen LogP contribution in [0.15, 0.2) is 54.1 Å². The van der Waals surface area contributed by atoms with Gasteiger partial charge in [-0.1, -0.05) is 41.4 Å². The second-order valence-corrected chi connectivity index (χ2v) is 9.20. The van der Waals surface area contributed by atoms with E-state index in [0.717, 1.165) is 22.3 Å². The predicted octanol–water partition coefficient (Wildman–Crippen LogP) is 6.54. The number of nitrogens with one attached hydrogen (secondary N) is 2. The minimum absolute atomic E-state index is 0.106. The molecule has 2 N–H and O–H groups in total. The highest BCUT2D eigenvalue weighted by Crippen LogP contribution is 2.37. The summed E-state index contributed by atoms with van der Waals surface area (Å²) >= 11 is 6.48. The molecule has 0 atom stereocenters. The second-order valence-electron chi connectivity index (χ2n) is 8.79. The van der Waals surface area contributed by atoms with Crippen LogP contribution in [0.25, 0.3) is 6.08 Å². The van der Waals surface area contributed by atoms with E-state index in [0.29, 0.717) is 23.5 Å². The zero-order valence-electron chi connectivity index (χ0n) is 22.1. The van der Waals surface area contributed by atoms with Crippen molar-refractivity contribution in [2.45, 2.75) is 34.6 Å². The first-order valence-corrected chi connectivity index (χ1v) is 12.5. The van der Waals surface area contributed by atoms with E-state index >= 15 is 0 Å². The fraction of sp³-hybridized carbons (Fsp3) is 0.233. The molecule has 8 heteroatoms. The maximum absolute atomic E-state index is 12.8. The van der Waals surface area contributed by atoms with Crippen molar-refractivity contribution >= 4 is 40.9 Å². The van der Waals surface area contributed by atoms with Crippen LogP contribution >= 0.6 is 11.6 Å². The predicted molar refractivity (Wildman–Crippen MR) is 151 cm³/mol. The van der Waals surface area contributed by atoms with Crippen molar-refractivity contribution in [2.24, 2.45) is 0 Å². The molecule has 3 rings (SSSR count). The van der Waals surface area contributed by atoms with Crippen molar-refractivity contribution in [1.29, 1.82) is 5.26 Å². The third-order valence-corrected chi connectivity index (χ3v) is 6.14. The summed E-state index contributed by atoms with van der Waals surface area (Å²) in [5.74, 6) is -0.411. The lowest BCUT2D eigenvalue weighted by molar-refractivity contribution is -0.118. The first-order chi connectivity index (χ1) is 18.1. The number of ether oxygens (including phenoxy) is 2. The Morgan fingerprint density at radius 1 is 0.974 bits per heavy atom. The van der Waals surface area contributed by atoms with Crippen LogP contribution in [0.5, 0.6) is 11.5 Å². The maximum atomic E-state index is 12.8. The van der Waals surface area contributed by atoms with Gasteiger partial charge in [0.05, 0.1) is 11.6 Å². The van der Waals surface area contributed by atoms with Gasteiger partial charge in [0.15, 0.2) is 18.1 Å². The average Bonchev–Trinajstić information content (AvgIpc) is 2.86. The Labute approximate surface area is 228 Å². The standard InChI is InChI=1S/C30H30ClN3O4/c1-6-37-27-15-22(13-23(16-32)30(36)34-26-9-7-8-19(3)21(26)5)14-24(31)29(27)38-17-28(35)33-25-11-10-18(2)12-20(25)4/h7-15H,6,17H2,1-5H3,(H,33,35)(H,34,36)/b23-13-. The molecule has 0 spiro atoms. The Hall–Kier alpha value is -4.28. The molecule has 0 aromatic heterocycles.